The molecule has 0 aliphatic carbocycles. The van der Waals surface area contributed by atoms with E-state index in [4.69, 9.17) is 4.74 Å². The van der Waals surface area contributed by atoms with Gasteiger partial charge in [0.15, 0.2) is 0 Å². The Labute approximate surface area is 136 Å². The first-order valence-electron chi connectivity index (χ1n) is 9.01. The molecule has 0 heterocycles. The normalized spacial score (nSPS) is 11.6. The van der Waals surface area contributed by atoms with Crippen molar-refractivity contribution in [3.63, 3.8) is 0 Å². The van der Waals surface area contributed by atoms with Gasteiger partial charge in [0, 0.05) is 6.42 Å². The predicted molar refractivity (Wildman–Crippen MR) is 89.7 cm³/mol. The van der Waals surface area contributed by atoms with Crippen LogP contribution in [0.25, 0.3) is 0 Å². The molecular formula is C18H36O4. The third-order valence-electron chi connectivity index (χ3n) is 4.44. The molecule has 0 radical (unpaired) electrons. The Morgan fingerprint density at radius 3 is 1.82 bits per heavy atom. The van der Waals surface area contributed by atoms with Crippen LogP contribution < -0.4 is 0 Å². The molecule has 0 aliphatic rings. The highest BCUT2D eigenvalue weighted by molar-refractivity contribution is 5.69. The van der Waals surface area contributed by atoms with Crippen LogP contribution in [0.2, 0.25) is 0 Å². The quantitative estimate of drug-likeness (QED) is 0.356. The Balaban J connectivity index is 3.54. The number of carbonyl (C=O) groups is 1. The first-order valence-corrected chi connectivity index (χ1v) is 9.01. The van der Waals surface area contributed by atoms with E-state index in [1.165, 1.54) is 44.9 Å². The van der Waals surface area contributed by atoms with Crippen molar-refractivity contribution in [1.82, 2.24) is 0 Å². The molecule has 0 rings (SSSR count). The van der Waals surface area contributed by atoms with Crippen LogP contribution in [0.3, 0.4) is 0 Å². The summed E-state index contributed by atoms with van der Waals surface area (Å²) >= 11 is 0. The van der Waals surface area contributed by atoms with Crippen LogP contribution in [0, 0.1) is 5.41 Å². The molecule has 0 amide bonds. The average Bonchev–Trinajstić information content (AvgIpc) is 2.55. The highest BCUT2D eigenvalue weighted by Gasteiger charge is 2.28. The molecule has 0 spiro atoms. The minimum absolute atomic E-state index is 0.104. The highest BCUT2D eigenvalue weighted by atomic mass is 16.5. The Bertz CT molecular complexity index is 254. The summed E-state index contributed by atoms with van der Waals surface area (Å²) in [6.45, 7) is 3.88. The van der Waals surface area contributed by atoms with Crippen molar-refractivity contribution >= 4 is 5.97 Å². The molecule has 0 saturated heterocycles. The summed E-state index contributed by atoms with van der Waals surface area (Å²) in [6, 6.07) is 0. The topological polar surface area (TPSA) is 66.8 Å². The Morgan fingerprint density at radius 1 is 0.864 bits per heavy atom. The van der Waals surface area contributed by atoms with Crippen LogP contribution in [-0.2, 0) is 9.53 Å². The minimum atomic E-state index is -0.686. The molecule has 4 nitrogen and oxygen atoms in total. The van der Waals surface area contributed by atoms with Gasteiger partial charge in [-0.25, -0.2) is 0 Å². The van der Waals surface area contributed by atoms with Crippen molar-refractivity contribution < 1.29 is 19.7 Å². The summed E-state index contributed by atoms with van der Waals surface area (Å²) < 4.78 is 5.19. The first kappa shape index (κ1) is 21.4. The second-order valence-corrected chi connectivity index (χ2v) is 6.41. The number of aliphatic hydroxyl groups is 2. The lowest BCUT2D eigenvalue weighted by Crippen LogP contribution is -2.35. The fourth-order valence-electron chi connectivity index (χ4n) is 2.35. The first-order chi connectivity index (χ1) is 10.6. The van der Waals surface area contributed by atoms with Crippen LogP contribution in [-0.4, -0.2) is 36.0 Å². The third-order valence-corrected chi connectivity index (χ3v) is 4.44. The number of rotatable bonds is 15. The molecule has 0 aromatic rings. The van der Waals surface area contributed by atoms with Crippen LogP contribution in [0.15, 0.2) is 0 Å². The zero-order chi connectivity index (χ0) is 16.7. The van der Waals surface area contributed by atoms with Gasteiger partial charge in [0.05, 0.1) is 18.6 Å². The van der Waals surface area contributed by atoms with Gasteiger partial charge in [0.2, 0.25) is 0 Å². The predicted octanol–water partition coefficient (Wildman–Crippen LogP) is 3.83. The number of esters is 1. The maximum Gasteiger partial charge on any atom is 0.305 e. The summed E-state index contributed by atoms with van der Waals surface area (Å²) in [5.74, 6) is -0.220. The molecule has 0 bridgehead atoms. The van der Waals surface area contributed by atoms with Crippen LogP contribution in [0.1, 0.15) is 84.5 Å². The number of hydrogen-bond acceptors (Lipinski definition) is 4. The second-order valence-electron chi connectivity index (χ2n) is 6.41. The van der Waals surface area contributed by atoms with E-state index >= 15 is 0 Å². The number of ether oxygens (including phenoxy) is 1. The SMILES string of the molecule is CCCCCCCCCCCC(=O)OCC(CC)(CO)CO. The van der Waals surface area contributed by atoms with Crippen molar-refractivity contribution in [2.24, 2.45) is 5.41 Å². The van der Waals surface area contributed by atoms with Crippen molar-refractivity contribution in [3.8, 4) is 0 Å². The number of carbonyl (C=O) groups excluding carboxylic acids is 1. The van der Waals surface area contributed by atoms with Crippen molar-refractivity contribution in [3.05, 3.63) is 0 Å². The maximum absolute atomic E-state index is 11.7. The Morgan fingerprint density at radius 2 is 1.36 bits per heavy atom. The van der Waals surface area contributed by atoms with E-state index in [1.54, 1.807) is 0 Å². The Kier molecular flexibility index (Phi) is 13.6. The second kappa shape index (κ2) is 14.0. The van der Waals surface area contributed by atoms with E-state index in [0.717, 1.165) is 12.8 Å². The van der Waals surface area contributed by atoms with Gasteiger partial charge >= 0.3 is 5.97 Å². The summed E-state index contributed by atoms with van der Waals surface area (Å²) in [6.07, 6.45) is 12.0. The lowest BCUT2D eigenvalue weighted by molar-refractivity contribution is -0.149. The molecule has 0 aromatic carbocycles. The molecule has 0 fully saturated rings. The number of aliphatic hydroxyl groups excluding tert-OH is 2. The zero-order valence-electron chi connectivity index (χ0n) is 14.6. The zero-order valence-corrected chi connectivity index (χ0v) is 14.6. The summed E-state index contributed by atoms with van der Waals surface area (Å²) in [7, 11) is 0. The van der Waals surface area contributed by atoms with Gasteiger partial charge in [-0.1, -0.05) is 65.2 Å². The molecule has 132 valence electrons. The maximum atomic E-state index is 11.7. The van der Waals surface area contributed by atoms with Crippen molar-refractivity contribution in [2.45, 2.75) is 84.5 Å². The van der Waals surface area contributed by atoms with E-state index in [9.17, 15) is 15.0 Å². The lowest BCUT2D eigenvalue weighted by Gasteiger charge is -2.27. The standard InChI is InChI=1S/C18H36O4/c1-3-5-6-7-8-9-10-11-12-13-17(21)22-16-18(4-2,14-19)15-20/h19-20H,3-16H2,1-2H3. The fourth-order valence-corrected chi connectivity index (χ4v) is 2.35. The van der Waals surface area contributed by atoms with Gasteiger partial charge in [-0.2, -0.15) is 0 Å². The molecular weight excluding hydrogens is 280 g/mol. The van der Waals surface area contributed by atoms with Gasteiger partial charge in [-0.15, -0.1) is 0 Å². The smallest absolute Gasteiger partial charge is 0.305 e. The minimum Gasteiger partial charge on any atom is -0.465 e. The highest BCUT2D eigenvalue weighted by Crippen LogP contribution is 2.21. The van der Waals surface area contributed by atoms with E-state index in [-0.39, 0.29) is 25.8 Å². The van der Waals surface area contributed by atoms with E-state index in [0.29, 0.717) is 12.8 Å². The largest absolute Gasteiger partial charge is 0.465 e. The molecule has 22 heavy (non-hydrogen) atoms. The monoisotopic (exact) mass is 316 g/mol. The third kappa shape index (κ3) is 10.2. The van der Waals surface area contributed by atoms with Gasteiger partial charge in [0.25, 0.3) is 0 Å². The lowest BCUT2D eigenvalue weighted by atomic mass is 9.88. The summed E-state index contributed by atoms with van der Waals surface area (Å²) in [5, 5.41) is 18.6. The Hall–Kier alpha value is -0.610. The molecule has 0 aromatic heterocycles. The summed E-state index contributed by atoms with van der Waals surface area (Å²) in [5.41, 5.74) is -0.686. The number of unbranched alkanes of at least 4 members (excludes halogenated alkanes) is 8. The van der Waals surface area contributed by atoms with E-state index in [1.807, 2.05) is 6.92 Å². The molecule has 0 saturated carbocycles. The van der Waals surface area contributed by atoms with Gasteiger partial charge < -0.3 is 14.9 Å². The number of hydrogen-bond donors (Lipinski definition) is 2. The van der Waals surface area contributed by atoms with Crippen molar-refractivity contribution in [1.29, 1.82) is 0 Å². The van der Waals surface area contributed by atoms with Gasteiger partial charge in [-0.3, -0.25) is 4.79 Å². The van der Waals surface area contributed by atoms with E-state index in [2.05, 4.69) is 6.92 Å². The van der Waals surface area contributed by atoms with Gasteiger partial charge in [-0.05, 0) is 12.8 Å². The molecule has 2 N–H and O–H groups in total. The average molecular weight is 316 g/mol. The van der Waals surface area contributed by atoms with Crippen LogP contribution in [0.4, 0.5) is 0 Å². The van der Waals surface area contributed by atoms with Crippen molar-refractivity contribution in [2.75, 3.05) is 19.8 Å². The van der Waals surface area contributed by atoms with Gasteiger partial charge in [0.1, 0.15) is 6.61 Å². The van der Waals surface area contributed by atoms with E-state index < -0.39 is 5.41 Å². The van der Waals surface area contributed by atoms with Crippen LogP contribution >= 0.6 is 0 Å². The molecule has 0 unspecified atom stereocenters. The fraction of sp³-hybridized carbons (Fsp3) is 0.944. The summed E-state index contributed by atoms with van der Waals surface area (Å²) in [4.78, 5) is 11.7. The molecule has 4 heteroatoms. The van der Waals surface area contributed by atoms with Crippen LogP contribution in [0.5, 0.6) is 0 Å². The molecule has 0 atom stereocenters. The molecule has 0 aliphatic heterocycles.